The topological polar surface area (TPSA) is 48.7 Å². The average molecular weight is 263 g/mol. The molecule has 1 aromatic heterocycles. The number of hydrogen-bond donors (Lipinski definition) is 1. The molecule has 1 aromatic carbocycles. The molecule has 0 aliphatic heterocycles. The highest BCUT2D eigenvalue weighted by atomic mass is 15.0. The maximum atomic E-state index is 9.30. The number of benzene rings is 1. The van der Waals surface area contributed by atoms with Crippen molar-refractivity contribution in [1.82, 2.24) is 4.98 Å². The molecule has 0 amide bonds. The fourth-order valence-electron chi connectivity index (χ4n) is 2.70. The molecular weight excluding hydrogens is 246 g/mol. The molecule has 1 aliphatic rings. The summed E-state index contributed by atoms with van der Waals surface area (Å²) in [5, 5.41) is 12.7. The third-order valence-corrected chi connectivity index (χ3v) is 3.82. The van der Waals surface area contributed by atoms with Gasteiger partial charge in [-0.3, -0.25) is 0 Å². The summed E-state index contributed by atoms with van der Waals surface area (Å²) >= 11 is 0. The van der Waals surface area contributed by atoms with Crippen molar-refractivity contribution in [2.24, 2.45) is 0 Å². The molecule has 0 spiro atoms. The van der Waals surface area contributed by atoms with E-state index >= 15 is 0 Å². The van der Waals surface area contributed by atoms with E-state index in [1.165, 1.54) is 11.1 Å². The largest absolute Gasteiger partial charge is 0.362 e. The fourth-order valence-corrected chi connectivity index (χ4v) is 2.70. The quantitative estimate of drug-likeness (QED) is 0.920. The van der Waals surface area contributed by atoms with E-state index in [1.807, 2.05) is 24.3 Å². The minimum absolute atomic E-state index is 0.134. The predicted molar refractivity (Wildman–Crippen MR) is 79.5 cm³/mol. The zero-order valence-corrected chi connectivity index (χ0v) is 11.6. The normalized spacial score (nSPS) is 14.4. The molecule has 2 aromatic rings. The van der Waals surface area contributed by atoms with Crippen LogP contribution in [0.2, 0.25) is 0 Å². The number of nitriles is 1. The second-order valence-corrected chi connectivity index (χ2v) is 5.23. The van der Waals surface area contributed by atoms with Crippen LogP contribution in [0.5, 0.6) is 0 Å². The predicted octanol–water partition coefficient (Wildman–Crippen LogP) is 3.62. The highest BCUT2D eigenvalue weighted by Gasteiger charge is 2.17. The van der Waals surface area contributed by atoms with E-state index in [9.17, 15) is 5.26 Å². The molecule has 1 N–H and O–H groups in total. The first kappa shape index (κ1) is 12.7. The summed E-state index contributed by atoms with van der Waals surface area (Å²) in [6.07, 6.45) is 3.21. The van der Waals surface area contributed by atoms with Gasteiger partial charge in [-0.25, -0.2) is 4.98 Å². The lowest BCUT2D eigenvalue weighted by Gasteiger charge is -2.16. The van der Waals surface area contributed by atoms with Gasteiger partial charge < -0.3 is 5.32 Å². The van der Waals surface area contributed by atoms with Crippen LogP contribution in [0.1, 0.15) is 41.8 Å². The summed E-state index contributed by atoms with van der Waals surface area (Å²) in [6, 6.07) is 14.6. The Kier molecular flexibility index (Phi) is 3.39. The van der Waals surface area contributed by atoms with Crippen LogP contribution >= 0.6 is 0 Å². The van der Waals surface area contributed by atoms with Gasteiger partial charge in [0.25, 0.3) is 0 Å². The van der Waals surface area contributed by atoms with Crippen LogP contribution in [0.15, 0.2) is 36.4 Å². The molecule has 100 valence electrons. The summed E-state index contributed by atoms with van der Waals surface area (Å²) < 4.78 is 0. The van der Waals surface area contributed by atoms with E-state index in [4.69, 9.17) is 0 Å². The number of nitrogens with one attached hydrogen (secondary N) is 1. The third-order valence-electron chi connectivity index (χ3n) is 3.82. The number of rotatable bonds is 3. The standard InChI is InChI=1S/C17H17N3/c1-12(13-6-3-2-4-7-13)19-17-15(11-18)10-14-8-5-9-16(14)20-17/h2-4,6-7,10,12H,5,8-9H2,1H3,(H,19,20). The van der Waals surface area contributed by atoms with E-state index in [1.54, 1.807) is 0 Å². The van der Waals surface area contributed by atoms with Crippen molar-refractivity contribution in [3.8, 4) is 6.07 Å². The molecule has 1 unspecified atom stereocenters. The third kappa shape index (κ3) is 2.37. The maximum Gasteiger partial charge on any atom is 0.144 e. The molecule has 3 rings (SSSR count). The van der Waals surface area contributed by atoms with Crippen LogP contribution in [0.4, 0.5) is 5.82 Å². The van der Waals surface area contributed by atoms with Gasteiger partial charge in [0.05, 0.1) is 5.56 Å². The van der Waals surface area contributed by atoms with Crippen molar-refractivity contribution < 1.29 is 0 Å². The second kappa shape index (κ2) is 5.34. The molecule has 0 bridgehead atoms. The Morgan fingerprint density at radius 3 is 2.80 bits per heavy atom. The number of anilines is 1. The van der Waals surface area contributed by atoms with Crippen molar-refractivity contribution in [2.45, 2.75) is 32.2 Å². The van der Waals surface area contributed by atoms with Gasteiger partial charge in [0.1, 0.15) is 11.9 Å². The van der Waals surface area contributed by atoms with Crippen LogP contribution in [0.25, 0.3) is 0 Å². The molecule has 20 heavy (non-hydrogen) atoms. The van der Waals surface area contributed by atoms with E-state index in [-0.39, 0.29) is 6.04 Å². The molecule has 0 fully saturated rings. The minimum atomic E-state index is 0.134. The molecule has 1 atom stereocenters. The Morgan fingerprint density at radius 2 is 2.05 bits per heavy atom. The van der Waals surface area contributed by atoms with Crippen molar-refractivity contribution in [3.63, 3.8) is 0 Å². The monoisotopic (exact) mass is 263 g/mol. The highest BCUT2D eigenvalue weighted by Crippen LogP contribution is 2.27. The van der Waals surface area contributed by atoms with Gasteiger partial charge in [-0.2, -0.15) is 5.26 Å². The first-order valence-corrected chi connectivity index (χ1v) is 7.02. The maximum absolute atomic E-state index is 9.30. The van der Waals surface area contributed by atoms with Crippen molar-refractivity contribution in [1.29, 1.82) is 5.26 Å². The zero-order valence-electron chi connectivity index (χ0n) is 11.6. The number of nitrogens with zero attached hydrogens (tertiary/aromatic N) is 2. The first-order chi connectivity index (χ1) is 9.78. The number of hydrogen-bond acceptors (Lipinski definition) is 3. The Balaban J connectivity index is 1.89. The average Bonchev–Trinajstić information content (AvgIpc) is 2.94. The number of aryl methyl sites for hydroxylation is 2. The lowest BCUT2D eigenvalue weighted by molar-refractivity contribution is 0.864. The summed E-state index contributed by atoms with van der Waals surface area (Å²) in [4.78, 5) is 4.66. The number of fused-ring (bicyclic) bond motifs is 1. The van der Waals surface area contributed by atoms with Gasteiger partial charge in [-0.1, -0.05) is 30.3 Å². The van der Waals surface area contributed by atoms with Gasteiger partial charge in [-0.15, -0.1) is 0 Å². The Morgan fingerprint density at radius 1 is 1.25 bits per heavy atom. The Labute approximate surface area is 119 Å². The zero-order chi connectivity index (χ0) is 13.9. The molecule has 0 saturated carbocycles. The summed E-state index contributed by atoms with van der Waals surface area (Å²) in [6.45, 7) is 2.09. The van der Waals surface area contributed by atoms with Crippen molar-refractivity contribution >= 4 is 5.82 Å². The minimum Gasteiger partial charge on any atom is -0.362 e. The molecule has 1 aliphatic carbocycles. The van der Waals surface area contributed by atoms with Crippen LogP contribution in [0, 0.1) is 11.3 Å². The lowest BCUT2D eigenvalue weighted by Crippen LogP contribution is -2.10. The van der Waals surface area contributed by atoms with E-state index in [0.29, 0.717) is 11.4 Å². The number of aromatic nitrogens is 1. The van der Waals surface area contributed by atoms with Gasteiger partial charge in [0, 0.05) is 11.7 Å². The molecule has 0 saturated heterocycles. The van der Waals surface area contributed by atoms with Crippen LogP contribution in [-0.4, -0.2) is 4.98 Å². The molecular formula is C17H17N3. The Hall–Kier alpha value is -2.34. The van der Waals surface area contributed by atoms with Crippen molar-refractivity contribution in [3.05, 3.63) is 58.8 Å². The molecule has 3 heteroatoms. The van der Waals surface area contributed by atoms with Gasteiger partial charge in [0.2, 0.25) is 0 Å². The molecule has 0 radical (unpaired) electrons. The second-order valence-electron chi connectivity index (χ2n) is 5.23. The van der Waals surface area contributed by atoms with E-state index < -0.39 is 0 Å². The lowest BCUT2D eigenvalue weighted by atomic mass is 10.1. The van der Waals surface area contributed by atoms with Gasteiger partial charge in [0.15, 0.2) is 0 Å². The summed E-state index contributed by atoms with van der Waals surface area (Å²) in [7, 11) is 0. The molecule has 1 heterocycles. The van der Waals surface area contributed by atoms with Gasteiger partial charge >= 0.3 is 0 Å². The SMILES string of the molecule is CC(Nc1nc2c(cc1C#N)CCC2)c1ccccc1. The van der Waals surface area contributed by atoms with Crippen molar-refractivity contribution in [2.75, 3.05) is 5.32 Å². The Bertz CT molecular complexity index is 656. The van der Waals surface area contributed by atoms with Crippen LogP contribution in [0.3, 0.4) is 0 Å². The highest BCUT2D eigenvalue weighted by molar-refractivity contribution is 5.56. The summed E-state index contributed by atoms with van der Waals surface area (Å²) in [5.74, 6) is 0.713. The van der Waals surface area contributed by atoms with Crippen LogP contribution in [-0.2, 0) is 12.8 Å². The smallest absolute Gasteiger partial charge is 0.144 e. The first-order valence-electron chi connectivity index (χ1n) is 7.02. The van der Waals surface area contributed by atoms with Gasteiger partial charge in [-0.05, 0) is 43.4 Å². The van der Waals surface area contributed by atoms with E-state index in [2.05, 4.69) is 35.4 Å². The van der Waals surface area contributed by atoms with E-state index in [0.717, 1.165) is 25.0 Å². The van der Waals surface area contributed by atoms with Crippen LogP contribution < -0.4 is 5.32 Å². The fraction of sp³-hybridized carbons (Fsp3) is 0.294. The number of pyridine rings is 1. The summed E-state index contributed by atoms with van der Waals surface area (Å²) in [5.41, 5.74) is 4.22. The molecule has 3 nitrogen and oxygen atoms in total.